The van der Waals surface area contributed by atoms with Gasteiger partial charge in [-0.05, 0) is 93.3 Å². The average molecular weight is 540 g/mol. The monoisotopic (exact) mass is 539 g/mol. The Kier molecular flexibility index (Phi) is 9.88. The first-order valence-electron chi connectivity index (χ1n) is 14.9. The van der Waals surface area contributed by atoms with Crippen LogP contribution in [0, 0.1) is 17.8 Å². The Balaban J connectivity index is 1.51. The van der Waals surface area contributed by atoms with E-state index in [4.69, 9.17) is 17.2 Å². The maximum atomic E-state index is 14.5. The van der Waals surface area contributed by atoms with Gasteiger partial charge in [-0.1, -0.05) is 38.1 Å². The molecule has 2 fully saturated rings. The van der Waals surface area contributed by atoms with Crippen molar-refractivity contribution in [2.75, 3.05) is 32.7 Å². The first-order chi connectivity index (χ1) is 18.7. The van der Waals surface area contributed by atoms with Gasteiger partial charge in [0.1, 0.15) is 0 Å². The Morgan fingerprint density at radius 1 is 1.15 bits per heavy atom. The highest BCUT2D eigenvalue weighted by Crippen LogP contribution is 2.51. The van der Waals surface area contributed by atoms with Crippen LogP contribution in [0.15, 0.2) is 29.3 Å². The van der Waals surface area contributed by atoms with Crippen LogP contribution in [0.1, 0.15) is 82.4 Å². The van der Waals surface area contributed by atoms with Crippen LogP contribution in [0.4, 0.5) is 0 Å². The lowest BCUT2D eigenvalue weighted by atomic mass is 9.64. The average Bonchev–Trinajstić information content (AvgIpc) is 2.94. The molecule has 1 spiro atoms. The molecule has 3 aliphatic rings. The van der Waals surface area contributed by atoms with Gasteiger partial charge in [0.2, 0.25) is 11.8 Å². The van der Waals surface area contributed by atoms with Crippen molar-refractivity contribution in [3.63, 3.8) is 0 Å². The highest BCUT2D eigenvalue weighted by Gasteiger charge is 2.52. The van der Waals surface area contributed by atoms with E-state index < -0.39 is 11.5 Å². The summed E-state index contributed by atoms with van der Waals surface area (Å²) in [4.78, 5) is 33.3. The number of piperidine rings is 1. The predicted octanol–water partition coefficient (Wildman–Crippen LogP) is 2.15. The van der Waals surface area contributed by atoms with Crippen molar-refractivity contribution in [2.45, 2.75) is 82.7 Å². The van der Waals surface area contributed by atoms with Crippen molar-refractivity contribution < 1.29 is 9.59 Å². The minimum absolute atomic E-state index is 0.0413. The van der Waals surface area contributed by atoms with E-state index in [-0.39, 0.29) is 23.8 Å². The third-order valence-corrected chi connectivity index (χ3v) is 9.42. The smallest absolute Gasteiger partial charge is 0.236 e. The summed E-state index contributed by atoms with van der Waals surface area (Å²) in [6.45, 7) is 7.65. The topological polar surface area (TPSA) is 152 Å². The van der Waals surface area contributed by atoms with E-state index in [0.717, 1.165) is 44.7 Å². The van der Waals surface area contributed by atoms with Gasteiger partial charge in [0, 0.05) is 19.6 Å². The van der Waals surface area contributed by atoms with Crippen molar-refractivity contribution in [1.29, 1.82) is 0 Å². The van der Waals surface area contributed by atoms with Crippen LogP contribution in [-0.2, 0) is 15.0 Å². The third kappa shape index (κ3) is 6.57. The van der Waals surface area contributed by atoms with Gasteiger partial charge in [-0.15, -0.1) is 0 Å². The van der Waals surface area contributed by atoms with Crippen LogP contribution in [-0.4, -0.2) is 61.4 Å². The Labute approximate surface area is 233 Å². The maximum Gasteiger partial charge on any atom is 0.236 e. The number of rotatable bonds is 10. The second-order valence-electron chi connectivity index (χ2n) is 12.1. The zero-order valence-corrected chi connectivity index (χ0v) is 23.8. The van der Waals surface area contributed by atoms with Gasteiger partial charge in [-0.25, -0.2) is 0 Å². The van der Waals surface area contributed by atoms with E-state index in [1.54, 1.807) is 0 Å². The van der Waals surface area contributed by atoms with E-state index in [2.05, 4.69) is 58.6 Å². The van der Waals surface area contributed by atoms with E-state index >= 15 is 0 Å². The number of fused-ring (bicyclic) bond motifs is 2. The van der Waals surface area contributed by atoms with Crippen LogP contribution in [0.2, 0.25) is 0 Å². The molecule has 9 heteroatoms. The number of carbonyl (C=O) groups excluding carboxylic acids is 2. The van der Waals surface area contributed by atoms with Gasteiger partial charge in [0.25, 0.3) is 0 Å². The molecule has 1 saturated carbocycles. The molecule has 1 aliphatic carbocycles. The molecule has 4 rings (SSSR count). The highest BCUT2D eigenvalue weighted by molar-refractivity contribution is 5.91. The van der Waals surface area contributed by atoms with E-state index in [1.807, 2.05) is 0 Å². The van der Waals surface area contributed by atoms with Crippen LogP contribution < -0.4 is 27.8 Å². The fourth-order valence-corrected chi connectivity index (χ4v) is 7.17. The first-order valence-corrected chi connectivity index (χ1v) is 14.9. The normalized spacial score (nSPS) is 25.3. The Bertz CT molecular complexity index is 1010. The summed E-state index contributed by atoms with van der Waals surface area (Å²) in [5.41, 5.74) is 18.9. The third-order valence-electron chi connectivity index (χ3n) is 9.42. The molecule has 1 saturated heterocycles. The van der Waals surface area contributed by atoms with E-state index in [0.29, 0.717) is 44.3 Å². The van der Waals surface area contributed by atoms with Crippen molar-refractivity contribution in [3.05, 3.63) is 35.4 Å². The summed E-state index contributed by atoms with van der Waals surface area (Å²) in [5.74, 6) is 1.95. The predicted molar refractivity (Wildman–Crippen MR) is 156 cm³/mol. The van der Waals surface area contributed by atoms with Crippen molar-refractivity contribution in [1.82, 2.24) is 15.5 Å². The molecule has 9 nitrogen and oxygen atoms in total. The number of nitrogens with two attached hydrogens (primary N) is 3. The van der Waals surface area contributed by atoms with Crippen molar-refractivity contribution in [3.8, 4) is 0 Å². The van der Waals surface area contributed by atoms with Gasteiger partial charge in [-0.2, -0.15) is 0 Å². The van der Waals surface area contributed by atoms with Crippen LogP contribution in [0.3, 0.4) is 0 Å². The number of aliphatic imine (C=N–C) groups is 1. The molecular formula is C30H49N7O2. The SMILES string of the molecule is CC(C)C1CCC(C2c3ccccc3C3(CCNCC3)C(=O)N2CCNC(=O)C(N)CCCN=C(N)N)CC1. The molecule has 8 N–H and O–H groups in total. The summed E-state index contributed by atoms with van der Waals surface area (Å²) in [7, 11) is 0. The van der Waals surface area contributed by atoms with Gasteiger partial charge in [0.15, 0.2) is 5.96 Å². The summed E-state index contributed by atoms with van der Waals surface area (Å²) < 4.78 is 0. The Hall–Kier alpha value is -2.65. The van der Waals surface area contributed by atoms with Crippen LogP contribution in [0.25, 0.3) is 0 Å². The molecule has 39 heavy (non-hydrogen) atoms. The molecular weight excluding hydrogens is 490 g/mol. The summed E-state index contributed by atoms with van der Waals surface area (Å²) >= 11 is 0. The van der Waals surface area contributed by atoms with Gasteiger partial charge in [-0.3, -0.25) is 14.6 Å². The minimum atomic E-state index is -0.630. The molecule has 1 aromatic carbocycles. The largest absolute Gasteiger partial charge is 0.370 e. The zero-order valence-electron chi connectivity index (χ0n) is 23.8. The Morgan fingerprint density at radius 2 is 1.85 bits per heavy atom. The second-order valence-corrected chi connectivity index (χ2v) is 12.1. The highest BCUT2D eigenvalue weighted by atomic mass is 16.2. The van der Waals surface area contributed by atoms with Crippen molar-refractivity contribution in [2.24, 2.45) is 39.9 Å². The standard InChI is InChI=1S/C30H49N7O2/c1-20(2)21-9-11-22(12-10-21)26-23-6-3-4-7-24(23)30(13-16-34-17-14-30)28(39)37(26)19-18-35-27(38)25(31)8-5-15-36-29(32)33/h3-4,6-7,20-22,25-26,34H,5,8-19,31H2,1-2H3,(H,35,38)(H4,32,33,36). The molecule has 216 valence electrons. The summed E-state index contributed by atoms with van der Waals surface area (Å²) in [6.07, 6.45) is 7.42. The number of nitrogens with zero attached hydrogens (tertiary/aromatic N) is 2. The summed E-state index contributed by atoms with van der Waals surface area (Å²) in [5, 5.41) is 6.45. The van der Waals surface area contributed by atoms with Crippen LogP contribution in [0.5, 0.6) is 0 Å². The molecule has 2 amide bonds. The fourth-order valence-electron chi connectivity index (χ4n) is 7.17. The molecule has 2 heterocycles. The number of guanidine groups is 1. The minimum Gasteiger partial charge on any atom is -0.370 e. The molecule has 2 atom stereocenters. The molecule has 2 aliphatic heterocycles. The number of nitrogens with one attached hydrogen (secondary N) is 2. The molecule has 0 bridgehead atoms. The number of hydrogen-bond donors (Lipinski definition) is 5. The van der Waals surface area contributed by atoms with E-state index in [1.165, 1.54) is 24.0 Å². The number of hydrogen-bond acceptors (Lipinski definition) is 5. The molecule has 2 unspecified atom stereocenters. The maximum absolute atomic E-state index is 14.5. The van der Waals surface area contributed by atoms with E-state index in [9.17, 15) is 9.59 Å². The number of carbonyl (C=O) groups is 2. The lowest BCUT2D eigenvalue weighted by Crippen LogP contribution is -2.59. The van der Waals surface area contributed by atoms with Gasteiger partial charge in [0.05, 0.1) is 17.5 Å². The number of benzene rings is 1. The molecule has 1 aromatic rings. The Morgan fingerprint density at radius 3 is 2.51 bits per heavy atom. The lowest BCUT2D eigenvalue weighted by molar-refractivity contribution is -0.145. The fraction of sp³-hybridized carbons (Fsp3) is 0.700. The van der Waals surface area contributed by atoms with Crippen LogP contribution >= 0.6 is 0 Å². The molecule has 0 radical (unpaired) electrons. The second kappa shape index (κ2) is 13.1. The zero-order chi connectivity index (χ0) is 28.0. The molecule has 0 aromatic heterocycles. The first kappa shape index (κ1) is 29.3. The summed E-state index contributed by atoms with van der Waals surface area (Å²) in [6, 6.07) is 8.08. The lowest BCUT2D eigenvalue weighted by Gasteiger charge is -2.52. The van der Waals surface area contributed by atoms with Crippen molar-refractivity contribution >= 4 is 17.8 Å². The number of amides is 2. The van der Waals surface area contributed by atoms with Gasteiger partial charge < -0.3 is 32.7 Å². The quantitative estimate of drug-likeness (QED) is 0.175. The van der Waals surface area contributed by atoms with Gasteiger partial charge >= 0.3 is 0 Å².